The molecule has 2 heterocycles. The Morgan fingerprint density at radius 1 is 1.50 bits per heavy atom. The largest absolute Gasteiger partial charge is 0.399 e. The summed E-state index contributed by atoms with van der Waals surface area (Å²) in [5.41, 5.74) is 0.680. The number of hydrogen-bond acceptors (Lipinski definition) is 6. The number of halogens is 4. The molecule has 12 heteroatoms. The molecule has 2 aromatic rings. The zero-order valence-corrected chi connectivity index (χ0v) is 17.8. The molecule has 0 saturated heterocycles. The van der Waals surface area contributed by atoms with Gasteiger partial charge >= 0.3 is 0 Å². The Labute approximate surface area is 180 Å². The number of anilines is 1. The second kappa shape index (κ2) is 9.25. The number of oxime groups is 1. The fourth-order valence-electron chi connectivity index (χ4n) is 2.75. The number of nitrogens with zero attached hydrogens (tertiary/aromatic N) is 5. The molecule has 2 aromatic heterocycles. The molecular weight excluding hydrogens is 443 g/mol. The first-order valence-corrected chi connectivity index (χ1v) is 10.5. The summed E-state index contributed by atoms with van der Waals surface area (Å²) in [5, 5.41) is 7.90. The van der Waals surface area contributed by atoms with Crippen LogP contribution in [-0.4, -0.2) is 57.5 Å². The summed E-state index contributed by atoms with van der Waals surface area (Å²) >= 11 is 7.41. The Bertz CT molecular complexity index is 956. The van der Waals surface area contributed by atoms with Gasteiger partial charge in [-0.3, -0.25) is 9.78 Å². The molecule has 0 N–H and O–H groups in total. The molecule has 1 fully saturated rings. The van der Waals surface area contributed by atoms with E-state index in [1.54, 1.807) is 6.92 Å². The third-order valence-corrected chi connectivity index (χ3v) is 5.81. The van der Waals surface area contributed by atoms with E-state index in [1.807, 2.05) is 0 Å². The summed E-state index contributed by atoms with van der Waals surface area (Å²) in [6.07, 6.45) is 3.80. The molecule has 3 rings (SSSR count). The standard InChI is InChI=1S/C18H19ClF3N5O2S/c1-3-26(15-8-27(24-16(15)19)13-4-12(20)6-23-7-13)17(28)14(25-29-2)10-30-9-11-5-18(11,21)22/h4,6-8,11H,3,5,9-10H2,1-2H3/b25-14-. The van der Waals surface area contributed by atoms with Crippen LogP contribution in [-0.2, 0) is 9.63 Å². The van der Waals surface area contributed by atoms with E-state index in [0.29, 0.717) is 5.69 Å². The van der Waals surface area contributed by atoms with E-state index in [0.717, 1.165) is 6.20 Å². The molecule has 1 aliphatic carbocycles. The van der Waals surface area contributed by atoms with Crippen molar-refractivity contribution in [3.05, 3.63) is 35.6 Å². The van der Waals surface area contributed by atoms with Crippen LogP contribution in [0.3, 0.4) is 0 Å². The molecule has 0 aromatic carbocycles. The zero-order valence-electron chi connectivity index (χ0n) is 16.2. The van der Waals surface area contributed by atoms with Gasteiger partial charge in [-0.2, -0.15) is 16.9 Å². The van der Waals surface area contributed by atoms with Crippen LogP contribution in [0.5, 0.6) is 0 Å². The van der Waals surface area contributed by atoms with Crippen LogP contribution in [0.2, 0.25) is 5.15 Å². The normalized spacial score (nSPS) is 17.7. The van der Waals surface area contributed by atoms with Gasteiger partial charge < -0.3 is 9.74 Å². The van der Waals surface area contributed by atoms with Crippen molar-refractivity contribution in [2.45, 2.75) is 19.3 Å². The van der Waals surface area contributed by atoms with E-state index >= 15 is 0 Å². The maximum absolute atomic E-state index is 13.5. The van der Waals surface area contributed by atoms with E-state index in [1.165, 1.54) is 46.9 Å². The number of alkyl halides is 2. The Morgan fingerprint density at radius 2 is 2.23 bits per heavy atom. The Kier molecular flexibility index (Phi) is 6.91. The van der Waals surface area contributed by atoms with Gasteiger partial charge in [0.05, 0.1) is 24.3 Å². The Morgan fingerprint density at radius 3 is 2.83 bits per heavy atom. The monoisotopic (exact) mass is 461 g/mol. The van der Waals surface area contributed by atoms with E-state index in [9.17, 15) is 18.0 Å². The first-order valence-electron chi connectivity index (χ1n) is 9.00. The predicted molar refractivity (Wildman–Crippen MR) is 109 cm³/mol. The summed E-state index contributed by atoms with van der Waals surface area (Å²) in [6.45, 7) is 1.97. The minimum absolute atomic E-state index is 0.0245. The highest BCUT2D eigenvalue weighted by Crippen LogP contribution is 2.50. The highest BCUT2D eigenvalue weighted by molar-refractivity contribution is 8.00. The van der Waals surface area contributed by atoms with Gasteiger partial charge in [-0.25, -0.2) is 17.9 Å². The average Bonchev–Trinajstić information content (AvgIpc) is 3.13. The second-order valence-corrected chi connectivity index (χ2v) is 7.95. The lowest BCUT2D eigenvalue weighted by atomic mass is 10.3. The van der Waals surface area contributed by atoms with Crippen LogP contribution in [0.25, 0.3) is 5.69 Å². The molecule has 30 heavy (non-hydrogen) atoms. The lowest BCUT2D eigenvalue weighted by Crippen LogP contribution is -2.37. The number of pyridine rings is 1. The van der Waals surface area contributed by atoms with Crippen LogP contribution in [0.4, 0.5) is 18.9 Å². The fraction of sp³-hybridized carbons (Fsp3) is 0.444. The first-order chi connectivity index (χ1) is 14.3. The van der Waals surface area contributed by atoms with Crippen LogP contribution in [0.15, 0.2) is 29.8 Å². The van der Waals surface area contributed by atoms with E-state index in [2.05, 4.69) is 15.2 Å². The zero-order chi connectivity index (χ0) is 21.9. The van der Waals surface area contributed by atoms with Gasteiger partial charge in [0.15, 0.2) is 10.9 Å². The topological polar surface area (TPSA) is 72.6 Å². The van der Waals surface area contributed by atoms with Crippen molar-refractivity contribution in [1.29, 1.82) is 0 Å². The van der Waals surface area contributed by atoms with Crippen molar-refractivity contribution < 1.29 is 22.8 Å². The molecule has 1 unspecified atom stereocenters. The highest BCUT2D eigenvalue weighted by Gasteiger charge is 2.56. The molecule has 162 valence electrons. The maximum Gasteiger partial charge on any atom is 0.277 e. The van der Waals surface area contributed by atoms with E-state index < -0.39 is 23.6 Å². The van der Waals surface area contributed by atoms with E-state index in [4.69, 9.17) is 16.4 Å². The lowest BCUT2D eigenvalue weighted by Gasteiger charge is -2.20. The minimum Gasteiger partial charge on any atom is -0.399 e. The molecule has 1 saturated carbocycles. The third kappa shape index (κ3) is 5.07. The molecule has 0 bridgehead atoms. The second-order valence-electron chi connectivity index (χ2n) is 6.56. The first kappa shape index (κ1) is 22.4. The predicted octanol–water partition coefficient (Wildman–Crippen LogP) is 3.80. The van der Waals surface area contributed by atoms with Crippen molar-refractivity contribution in [3.8, 4) is 5.69 Å². The van der Waals surface area contributed by atoms with Gasteiger partial charge in [-0.15, -0.1) is 0 Å². The maximum atomic E-state index is 13.5. The number of carbonyl (C=O) groups is 1. The van der Waals surface area contributed by atoms with Crippen molar-refractivity contribution in [2.75, 3.05) is 30.1 Å². The molecule has 1 amide bonds. The number of amides is 1. The lowest BCUT2D eigenvalue weighted by molar-refractivity contribution is -0.112. The molecule has 1 aliphatic rings. The number of aromatic nitrogens is 3. The number of rotatable bonds is 9. The average molecular weight is 462 g/mol. The molecule has 0 spiro atoms. The summed E-state index contributed by atoms with van der Waals surface area (Å²) in [5.74, 6) is -3.99. The molecule has 7 nitrogen and oxygen atoms in total. The fourth-order valence-corrected chi connectivity index (χ4v) is 4.11. The highest BCUT2D eigenvalue weighted by atomic mass is 35.5. The summed E-state index contributed by atoms with van der Waals surface area (Å²) < 4.78 is 40.9. The van der Waals surface area contributed by atoms with Gasteiger partial charge in [0.2, 0.25) is 0 Å². The summed E-state index contributed by atoms with van der Waals surface area (Å²) in [7, 11) is 1.30. The van der Waals surface area contributed by atoms with Crippen LogP contribution in [0.1, 0.15) is 13.3 Å². The van der Waals surface area contributed by atoms with Crippen LogP contribution in [0, 0.1) is 11.7 Å². The smallest absolute Gasteiger partial charge is 0.277 e. The van der Waals surface area contributed by atoms with Crippen molar-refractivity contribution in [1.82, 2.24) is 14.8 Å². The summed E-state index contributed by atoms with van der Waals surface area (Å²) in [6, 6.07) is 1.22. The number of hydrogen-bond donors (Lipinski definition) is 0. The van der Waals surface area contributed by atoms with Crippen LogP contribution < -0.4 is 4.90 Å². The molecule has 1 atom stereocenters. The minimum atomic E-state index is -2.61. The van der Waals surface area contributed by atoms with Gasteiger partial charge in [0, 0.05) is 36.5 Å². The Hall–Kier alpha value is -2.27. The summed E-state index contributed by atoms with van der Waals surface area (Å²) in [4.78, 5) is 22.9. The van der Waals surface area contributed by atoms with E-state index in [-0.39, 0.29) is 41.0 Å². The molecule has 0 aliphatic heterocycles. The quantitative estimate of drug-likeness (QED) is 0.419. The number of thioether (sulfide) groups is 1. The number of carbonyl (C=O) groups excluding carboxylic acids is 1. The SMILES string of the molecule is CCN(C(=O)/C(CSCC1CC1(F)F)=N\OC)c1cn(-c2cncc(F)c2)nc1Cl. The van der Waals surface area contributed by atoms with Gasteiger partial charge in [-0.1, -0.05) is 16.8 Å². The van der Waals surface area contributed by atoms with Gasteiger partial charge in [0.25, 0.3) is 11.8 Å². The molecule has 0 radical (unpaired) electrons. The third-order valence-electron chi connectivity index (χ3n) is 4.42. The van der Waals surface area contributed by atoms with Gasteiger partial charge in [-0.05, 0) is 6.92 Å². The van der Waals surface area contributed by atoms with Crippen molar-refractivity contribution in [3.63, 3.8) is 0 Å². The van der Waals surface area contributed by atoms with Crippen molar-refractivity contribution >= 4 is 40.7 Å². The van der Waals surface area contributed by atoms with Crippen LogP contribution >= 0.6 is 23.4 Å². The molecular formula is C18H19ClF3N5O2S. The van der Waals surface area contributed by atoms with Gasteiger partial charge in [0.1, 0.15) is 18.6 Å². The Balaban J connectivity index is 1.76. The van der Waals surface area contributed by atoms with Crippen molar-refractivity contribution in [2.24, 2.45) is 11.1 Å².